The van der Waals surface area contributed by atoms with E-state index in [-0.39, 0.29) is 11.9 Å². The number of amidine groups is 1. The second kappa shape index (κ2) is 6.30. The lowest BCUT2D eigenvalue weighted by atomic mass is 10.1. The number of nitrogens with zero attached hydrogens (tertiary/aromatic N) is 2. The minimum atomic E-state index is -0.351. The van der Waals surface area contributed by atoms with Crippen molar-refractivity contribution in [2.45, 2.75) is 25.3 Å². The molecule has 0 aromatic heterocycles. The Bertz CT molecular complexity index is 297. The van der Waals surface area contributed by atoms with E-state index >= 15 is 0 Å². The van der Waals surface area contributed by atoms with Gasteiger partial charge in [-0.05, 0) is 25.5 Å². The van der Waals surface area contributed by atoms with Crippen LogP contribution < -0.4 is 10.6 Å². The van der Waals surface area contributed by atoms with Crippen LogP contribution in [0.4, 0.5) is 0 Å². The van der Waals surface area contributed by atoms with Crippen LogP contribution in [0.2, 0.25) is 0 Å². The van der Waals surface area contributed by atoms with Gasteiger partial charge in [-0.3, -0.25) is 10.1 Å². The van der Waals surface area contributed by atoms with Crippen molar-refractivity contribution in [2.24, 2.45) is 4.99 Å². The van der Waals surface area contributed by atoms with E-state index in [0.29, 0.717) is 5.17 Å². The molecule has 0 aliphatic carbocycles. The molecule has 1 aliphatic heterocycles. The molecule has 15 heavy (non-hydrogen) atoms. The minimum absolute atomic E-state index is 0.0428. The summed E-state index contributed by atoms with van der Waals surface area (Å²) >= 11 is 1.33. The first-order chi connectivity index (χ1) is 7.27. The van der Waals surface area contributed by atoms with Gasteiger partial charge in [0.15, 0.2) is 11.4 Å². The van der Waals surface area contributed by atoms with Crippen molar-refractivity contribution in [1.82, 2.24) is 10.6 Å². The highest BCUT2D eigenvalue weighted by molar-refractivity contribution is 8.13. The summed E-state index contributed by atoms with van der Waals surface area (Å²) in [4.78, 5) is 15.8. The number of rotatable bonds is 1. The minimum Gasteiger partial charge on any atom is -0.354 e. The Labute approximate surface area is 93.3 Å². The zero-order valence-electron chi connectivity index (χ0n) is 8.62. The van der Waals surface area contributed by atoms with Gasteiger partial charge in [-0.25, -0.2) is 4.99 Å². The van der Waals surface area contributed by atoms with Crippen molar-refractivity contribution in [2.75, 3.05) is 12.8 Å². The van der Waals surface area contributed by atoms with Crippen LogP contribution in [0.25, 0.3) is 0 Å². The quantitative estimate of drug-likeness (QED) is 0.294. The lowest BCUT2D eigenvalue weighted by Crippen LogP contribution is -2.33. The number of thioether (sulfide) groups is 1. The molecule has 1 amide bonds. The fraction of sp³-hybridized carbons (Fsp3) is 0.667. The predicted molar refractivity (Wildman–Crippen MR) is 60.3 cm³/mol. The number of aliphatic imine (C=N–C) groups is 1. The summed E-state index contributed by atoms with van der Waals surface area (Å²) < 4.78 is 0. The van der Waals surface area contributed by atoms with Crippen LogP contribution in [0, 0.1) is 11.5 Å². The summed E-state index contributed by atoms with van der Waals surface area (Å²) in [6.45, 7) is 0.727. The third-order valence-electron chi connectivity index (χ3n) is 2.14. The van der Waals surface area contributed by atoms with Crippen LogP contribution in [-0.4, -0.2) is 29.9 Å². The van der Waals surface area contributed by atoms with Crippen LogP contribution in [-0.2, 0) is 4.79 Å². The molecule has 0 radical (unpaired) electrons. The van der Waals surface area contributed by atoms with Gasteiger partial charge in [0.25, 0.3) is 0 Å². The average molecular weight is 226 g/mol. The number of hydrogen-bond donors (Lipinski definition) is 2. The van der Waals surface area contributed by atoms with E-state index in [2.05, 4.69) is 15.6 Å². The van der Waals surface area contributed by atoms with Gasteiger partial charge in [0.2, 0.25) is 5.91 Å². The predicted octanol–water partition coefficient (Wildman–Crippen LogP) is 0.445. The Balaban J connectivity index is 2.67. The Morgan fingerprint density at radius 3 is 3.20 bits per heavy atom. The molecule has 6 heteroatoms. The summed E-state index contributed by atoms with van der Waals surface area (Å²) in [6.07, 6.45) is 6.36. The van der Waals surface area contributed by atoms with E-state index in [1.807, 2.05) is 6.26 Å². The zero-order chi connectivity index (χ0) is 11.1. The number of nitriles is 1. The molecule has 5 nitrogen and oxygen atoms in total. The first kappa shape index (κ1) is 11.9. The molecule has 0 bridgehead atoms. The molecule has 0 aromatic rings. The zero-order valence-corrected chi connectivity index (χ0v) is 9.43. The van der Waals surface area contributed by atoms with Crippen molar-refractivity contribution in [3.63, 3.8) is 0 Å². The molecule has 0 aromatic carbocycles. The second-order valence-electron chi connectivity index (χ2n) is 3.18. The fourth-order valence-electron chi connectivity index (χ4n) is 1.37. The third-order valence-corrected chi connectivity index (χ3v) is 2.73. The molecule has 82 valence electrons. The molecule has 0 unspecified atom stereocenters. The molecule has 1 aliphatic rings. The number of nitrogens with one attached hydrogen (secondary N) is 2. The second-order valence-corrected chi connectivity index (χ2v) is 3.97. The average Bonchev–Trinajstić information content (AvgIpc) is 2.43. The number of carbonyl (C=O) groups is 1. The summed E-state index contributed by atoms with van der Waals surface area (Å²) in [5.74, 6) is -0.0428. The Hall–Kier alpha value is -1.22. The maximum absolute atomic E-state index is 11.5. The molecule has 0 saturated carbocycles. The number of hydrogen-bond acceptors (Lipinski definition) is 4. The van der Waals surface area contributed by atoms with E-state index in [4.69, 9.17) is 5.26 Å². The molecule has 1 heterocycles. The lowest BCUT2D eigenvalue weighted by molar-refractivity contribution is -0.121. The van der Waals surface area contributed by atoms with Crippen molar-refractivity contribution in [1.29, 1.82) is 5.26 Å². The van der Waals surface area contributed by atoms with E-state index < -0.39 is 0 Å². The molecule has 1 saturated heterocycles. The van der Waals surface area contributed by atoms with Crippen LogP contribution in [0.3, 0.4) is 0 Å². The van der Waals surface area contributed by atoms with Crippen molar-refractivity contribution in [3.8, 4) is 6.19 Å². The van der Waals surface area contributed by atoms with Crippen LogP contribution in [0.1, 0.15) is 19.3 Å². The van der Waals surface area contributed by atoms with E-state index in [0.717, 1.165) is 25.8 Å². The maximum atomic E-state index is 11.5. The van der Waals surface area contributed by atoms with Crippen molar-refractivity contribution < 1.29 is 4.79 Å². The van der Waals surface area contributed by atoms with Gasteiger partial charge in [0, 0.05) is 6.54 Å². The number of amides is 1. The SMILES string of the molecule is CSC(=N[C@H]1CCCCNC1=O)NC#N. The normalized spacial score (nSPS) is 22.5. The van der Waals surface area contributed by atoms with Crippen LogP contribution in [0.15, 0.2) is 4.99 Å². The largest absolute Gasteiger partial charge is 0.354 e. The molecule has 1 rings (SSSR count). The monoisotopic (exact) mass is 226 g/mol. The van der Waals surface area contributed by atoms with Gasteiger partial charge in [0.1, 0.15) is 6.04 Å². The Morgan fingerprint density at radius 2 is 2.53 bits per heavy atom. The molecular formula is C9H14N4OS. The van der Waals surface area contributed by atoms with Gasteiger partial charge in [-0.15, -0.1) is 0 Å². The molecule has 0 spiro atoms. The highest BCUT2D eigenvalue weighted by Crippen LogP contribution is 2.10. The molecule has 1 atom stereocenters. The third kappa shape index (κ3) is 3.80. The topological polar surface area (TPSA) is 77.3 Å². The smallest absolute Gasteiger partial charge is 0.244 e. The van der Waals surface area contributed by atoms with Gasteiger partial charge >= 0.3 is 0 Å². The maximum Gasteiger partial charge on any atom is 0.244 e. The van der Waals surface area contributed by atoms with Gasteiger partial charge < -0.3 is 5.32 Å². The van der Waals surface area contributed by atoms with Gasteiger partial charge in [-0.2, -0.15) is 5.26 Å². The van der Waals surface area contributed by atoms with Crippen LogP contribution >= 0.6 is 11.8 Å². The summed E-state index contributed by atoms with van der Waals surface area (Å²) in [7, 11) is 0. The number of carbonyl (C=O) groups excluding carboxylic acids is 1. The van der Waals surface area contributed by atoms with Crippen molar-refractivity contribution >= 4 is 22.8 Å². The standard InChI is InChI=1S/C9H14N4OS/c1-15-9(12-6-10)13-7-4-2-3-5-11-8(7)14/h7H,2-5H2,1H3,(H,11,14)(H,12,13)/t7-/m0/s1. The Morgan fingerprint density at radius 1 is 1.73 bits per heavy atom. The van der Waals surface area contributed by atoms with Crippen LogP contribution in [0.5, 0.6) is 0 Å². The summed E-state index contributed by atoms with van der Waals surface area (Å²) in [5.41, 5.74) is 0. The van der Waals surface area contributed by atoms with E-state index in [1.165, 1.54) is 11.8 Å². The fourth-order valence-corrected chi connectivity index (χ4v) is 1.75. The van der Waals surface area contributed by atoms with E-state index in [1.54, 1.807) is 6.19 Å². The Kier molecular flexibility index (Phi) is 4.98. The highest BCUT2D eigenvalue weighted by atomic mass is 32.2. The van der Waals surface area contributed by atoms with Crippen molar-refractivity contribution in [3.05, 3.63) is 0 Å². The molecule has 1 fully saturated rings. The molecular weight excluding hydrogens is 212 g/mol. The molecule has 2 N–H and O–H groups in total. The van der Waals surface area contributed by atoms with Gasteiger partial charge in [0.05, 0.1) is 0 Å². The first-order valence-corrected chi connectivity index (χ1v) is 6.05. The summed E-state index contributed by atoms with van der Waals surface area (Å²) in [5, 5.41) is 14.2. The lowest BCUT2D eigenvalue weighted by Gasteiger charge is -2.09. The highest BCUT2D eigenvalue weighted by Gasteiger charge is 2.20. The first-order valence-electron chi connectivity index (χ1n) is 4.82. The van der Waals surface area contributed by atoms with Gasteiger partial charge in [-0.1, -0.05) is 11.8 Å². The summed E-state index contributed by atoms with van der Waals surface area (Å²) in [6, 6.07) is -0.351. The van der Waals surface area contributed by atoms with E-state index in [9.17, 15) is 4.79 Å².